The molecule has 1 fully saturated rings. The molecule has 0 bridgehead atoms. The fraction of sp³-hybridized carbons (Fsp3) is 0.909. The summed E-state index contributed by atoms with van der Waals surface area (Å²) >= 11 is 0. The van der Waals surface area contributed by atoms with Crippen molar-refractivity contribution in [2.75, 3.05) is 0 Å². The number of nitrogens with zero attached hydrogens (tertiary/aromatic N) is 1. The van der Waals surface area contributed by atoms with Gasteiger partial charge in [-0.3, -0.25) is 0 Å². The van der Waals surface area contributed by atoms with E-state index in [1.165, 1.54) is 32.1 Å². The van der Waals surface area contributed by atoms with E-state index in [0.717, 1.165) is 5.92 Å². The van der Waals surface area contributed by atoms with Crippen molar-refractivity contribution in [3.05, 3.63) is 0 Å². The minimum absolute atomic E-state index is 0.0295. The fourth-order valence-electron chi connectivity index (χ4n) is 2.26. The summed E-state index contributed by atoms with van der Waals surface area (Å²) in [4.78, 5) is 0. The zero-order valence-electron chi connectivity index (χ0n) is 9.74. The lowest BCUT2D eigenvalue weighted by atomic mass is 9.84. The summed E-state index contributed by atoms with van der Waals surface area (Å²) in [6, 6.07) is 0.501. The summed E-state index contributed by atoms with van der Waals surface area (Å²) < 4.78 is 0. The Bertz CT molecular complexity index is 210. The first-order chi connectivity index (χ1) is 7.17. The topological polar surface area (TPSA) is 70.6 Å². The maximum atomic E-state index is 8.54. The molecule has 4 heteroatoms. The lowest BCUT2D eigenvalue weighted by Gasteiger charge is -2.30. The molecule has 0 saturated heterocycles. The molecule has 1 aliphatic rings. The van der Waals surface area contributed by atoms with Gasteiger partial charge in [0.1, 0.15) is 0 Å². The molecule has 1 aliphatic carbocycles. The predicted molar refractivity (Wildman–Crippen MR) is 62.0 cm³/mol. The summed E-state index contributed by atoms with van der Waals surface area (Å²) in [5.41, 5.74) is 5.52. The summed E-state index contributed by atoms with van der Waals surface area (Å²) in [7, 11) is 0. The molecule has 0 aromatic carbocycles. The molecule has 0 spiro atoms. The predicted octanol–water partition coefficient (Wildman–Crippen LogP) is 1.68. The summed E-state index contributed by atoms with van der Waals surface area (Å²) in [5, 5.41) is 15.0. The first-order valence-electron chi connectivity index (χ1n) is 5.90. The number of hydrogen-bond donors (Lipinski definition) is 3. The molecule has 15 heavy (non-hydrogen) atoms. The van der Waals surface area contributed by atoms with Gasteiger partial charge in [0, 0.05) is 6.04 Å². The molecular formula is C11H23N3O. The van der Waals surface area contributed by atoms with Crippen LogP contribution in [0.3, 0.4) is 0 Å². The van der Waals surface area contributed by atoms with Crippen LogP contribution in [0, 0.1) is 5.92 Å². The van der Waals surface area contributed by atoms with Crippen LogP contribution in [0.5, 0.6) is 0 Å². The fourth-order valence-corrected chi connectivity index (χ4v) is 2.26. The monoisotopic (exact) mass is 213 g/mol. The van der Waals surface area contributed by atoms with Crippen LogP contribution in [0.4, 0.5) is 0 Å². The lowest BCUT2D eigenvalue weighted by Crippen LogP contribution is -2.45. The third-order valence-corrected chi connectivity index (χ3v) is 3.47. The molecule has 88 valence electrons. The summed E-state index contributed by atoms with van der Waals surface area (Å²) in [6.07, 6.45) is 6.32. The number of nitrogens with one attached hydrogen (secondary N) is 1. The quantitative estimate of drug-likeness (QED) is 0.288. The van der Waals surface area contributed by atoms with E-state index >= 15 is 0 Å². The second-order valence-electron chi connectivity index (χ2n) is 4.54. The van der Waals surface area contributed by atoms with Crippen molar-refractivity contribution in [2.24, 2.45) is 16.8 Å². The Hall–Kier alpha value is -0.770. The zero-order valence-corrected chi connectivity index (χ0v) is 9.74. The largest absolute Gasteiger partial charge is 0.409 e. The molecule has 1 rings (SSSR count). The van der Waals surface area contributed by atoms with Crippen molar-refractivity contribution in [1.29, 1.82) is 0 Å². The van der Waals surface area contributed by atoms with Gasteiger partial charge in [-0.25, -0.2) is 0 Å². The van der Waals surface area contributed by atoms with E-state index in [1.807, 2.05) is 6.92 Å². The van der Waals surface area contributed by atoms with Crippen LogP contribution in [-0.4, -0.2) is 23.1 Å². The van der Waals surface area contributed by atoms with E-state index in [4.69, 9.17) is 10.9 Å². The van der Waals surface area contributed by atoms with Gasteiger partial charge in [0.2, 0.25) is 0 Å². The van der Waals surface area contributed by atoms with Crippen molar-refractivity contribution in [2.45, 2.75) is 58.0 Å². The van der Waals surface area contributed by atoms with Gasteiger partial charge in [0.15, 0.2) is 5.84 Å². The van der Waals surface area contributed by atoms with Crippen molar-refractivity contribution < 1.29 is 5.21 Å². The van der Waals surface area contributed by atoms with Crippen LogP contribution in [0.2, 0.25) is 0 Å². The standard InChI is InChI=1S/C11H23N3O/c1-3-9-4-6-10(7-5-9)13-8(2)11(12)14-15/h8-10,13,15H,3-7H2,1-2H3,(H2,12,14). The Morgan fingerprint density at radius 1 is 1.47 bits per heavy atom. The van der Waals surface area contributed by atoms with E-state index in [0.29, 0.717) is 6.04 Å². The first kappa shape index (κ1) is 12.3. The Morgan fingerprint density at radius 2 is 2.07 bits per heavy atom. The van der Waals surface area contributed by atoms with E-state index < -0.39 is 0 Å². The second-order valence-corrected chi connectivity index (χ2v) is 4.54. The van der Waals surface area contributed by atoms with Crippen LogP contribution in [0.15, 0.2) is 5.16 Å². The third kappa shape index (κ3) is 3.70. The van der Waals surface area contributed by atoms with Crippen molar-refractivity contribution in [1.82, 2.24) is 5.32 Å². The minimum atomic E-state index is -0.0295. The number of nitrogens with two attached hydrogens (primary N) is 1. The van der Waals surface area contributed by atoms with Crippen LogP contribution >= 0.6 is 0 Å². The molecule has 4 nitrogen and oxygen atoms in total. The van der Waals surface area contributed by atoms with Gasteiger partial charge in [-0.15, -0.1) is 0 Å². The van der Waals surface area contributed by atoms with Gasteiger partial charge in [-0.2, -0.15) is 0 Å². The van der Waals surface area contributed by atoms with Crippen molar-refractivity contribution >= 4 is 5.84 Å². The smallest absolute Gasteiger partial charge is 0.156 e. The SMILES string of the molecule is CCC1CCC(NC(C)C(N)=NO)CC1. The molecule has 1 saturated carbocycles. The van der Waals surface area contributed by atoms with Crippen molar-refractivity contribution in [3.63, 3.8) is 0 Å². The number of hydrogen-bond acceptors (Lipinski definition) is 3. The van der Waals surface area contributed by atoms with Crippen molar-refractivity contribution in [3.8, 4) is 0 Å². The van der Waals surface area contributed by atoms with Gasteiger partial charge in [0.05, 0.1) is 6.04 Å². The van der Waals surface area contributed by atoms with E-state index in [9.17, 15) is 0 Å². The molecule has 0 aromatic heterocycles. The number of rotatable bonds is 4. The van der Waals surface area contributed by atoms with Gasteiger partial charge in [0.25, 0.3) is 0 Å². The summed E-state index contributed by atoms with van der Waals surface area (Å²) in [5.74, 6) is 1.18. The molecule has 0 heterocycles. The Morgan fingerprint density at radius 3 is 2.53 bits per heavy atom. The second kappa shape index (κ2) is 5.95. The Kier molecular flexibility index (Phi) is 4.88. The molecule has 1 atom stereocenters. The molecule has 0 aromatic rings. The van der Waals surface area contributed by atoms with Gasteiger partial charge < -0.3 is 16.3 Å². The Balaban J connectivity index is 2.29. The molecule has 4 N–H and O–H groups in total. The van der Waals surface area contributed by atoms with Crippen LogP contribution in [0.25, 0.3) is 0 Å². The van der Waals surface area contributed by atoms with Crippen LogP contribution in [-0.2, 0) is 0 Å². The van der Waals surface area contributed by atoms with Crippen LogP contribution < -0.4 is 11.1 Å². The molecule has 0 amide bonds. The molecule has 1 unspecified atom stereocenters. The average molecular weight is 213 g/mol. The van der Waals surface area contributed by atoms with E-state index in [2.05, 4.69) is 17.4 Å². The highest BCUT2D eigenvalue weighted by Crippen LogP contribution is 2.26. The highest BCUT2D eigenvalue weighted by atomic mass is 16.4. The highest BCUT2D eigenvalue weighted by Gasteiger charge is 2.21. The normalized spacial score (nSPS) is 30.1. The maximum Gasteiger partial charge on any atom is 0.156 e. The molecular weight excluding hydrogens is 190 g/mol. The van der Waals surface area contributed by atoms with Crippen LogP contribution in [0.1, 0.15) is 46.0 Å². The number of amidine groups is 1. The highest BCUT2D eigenvalue weighted by molar-refractivity contribution is 5.84. The first-order valence-corrected chi connectivity index (χ1v) is 5.90. The zero-order chi connectivity index (χ0) is 11.3. The molecule has 0 radical (unpaired) electrons. The van der Waals surface area contributed by atoms with Gasteiger partial charge in [-0.05, 0) is 38.5 Å². The maximum absolute atomic E-state index is 8.54. The van der Waals surface area contributed by atoms with Gasteiger partial charge in [-0.1, -0.05) is 18.5 Å². The summed E-state index contributed by atoms with van der Waals surface area (Å²) in [6.45, 7) is 4.19. The average Bonchev–Trinajstić information content (AvgIpc) is 2.29. The Labute approximate surface area is 91.9 Å². The third-order valence-electron chi connectivity index (χ3n) is 3.47. The van der Waals surface area contributed by atoms with Gasteiger partial charge >= 0.3 is 0 Å². The van der Waals surface area contributed by atoms with E-state index in [-0.39, 0.29) is 11.9 Å². The van der Waals surface area contributed by atoms with E-state index in [1.54, 1.807) is 0 Å². The lowest BCUT2D eigenvalue weighted by molar-refractivity contribution is 0.278. The molecule has 0 aliphatic heterocycles. The minimum Gasteiger partial charge on any atom is -0.409 e. The number of oxime groups is 1.